The minimum atomic E-state index is -0.777. The first-order chi connectivity index (χ1) is 13.8. The lowest BCUT2D eigenvalue weighted by atomic mass is 9.87. The number of aliphatic carboxylic acids is 1. The lowest BCUT2D eigenvalue weighted by Gasteiger charge is -2.18. The maximum atomic E-state index is 11.2. The van der Waals surface area contributed by atoms with Crippen molar-refractivity contribution < 1.29 is 14.6 Å². The Balaban J connectivity index is 1.77. The van der Waals surface area contributed by atoms with E-state index in [-0.39, 0.29) is 0 Å². The largest absolute Gasteiger partial charge is 0.481 e. The summed E-state index contributed by atoms with van der Waals surface area (Å²) >= 11 is 12.3. The van der Waals surface area contributed by atoms with Crippen LogP contribution in [0.25, 0.3) is 22.0 Å². The number of para-hydroxylation sites is 1. The molecule has 0 saturated carbocycles. The van der Waals surface area contributed by atoms with Crippen LogP contribution in [-0.4, -0.2) is 22.7 Å². The van der Waals surface area contributed by atoms with Gasteiger partial charge in [-0.25, -0.2) is 4.98 Å². The van der Waals surface area contributed by atoms with Crippen LogP contribution in [0, 0.1) is 5.41 Å². The number of carbonyl (C=O) groups is 1. The Kier molecular flexibility index (Phi) is 6.66. The number of carboxylic acid groups (broad SMARTS) is 1. The van der Waals surface area contributed by atoms with E-state index in [1.807, 2.05) is 42.5 Å². The molecule has 0 atom stereocenters. The van der Waals surface area contributed by atoms with E-state index in [9.17, 15) is 9.90 Å². The number of fused-ring (bicyclic) bond motifs is 1. The molecule has 29 heavy (non-hydrogen) atoms. The molecule has 1 heterocycles. The van der Waals surface area contributed by atoms with E-state index in [0.29, 0.717) is 29.0 Å². The fourth-order valence-electron chi connectivity index (χ4n) is 3.08. The van der Waals surface area contributed by atoms with Gasteiger partial charge in [0.1, 0.15) is 0 Å². The van der Waals surface area contributed by atoms with Crippen LogP contribution in [0.15, 0.2) is 48.5 Å². The van der Waals surface area contributed by atoms with Crippen LogP contribution in [0.2, 0.25) is 10.0 Å². The molecule has 3 aromatic rings. The quantitative estimate of drug-likeness (QED) is 0.395. The number of hydrogen-bond donors (Lipinski definition) is 1. The highest BCUT2D eigenvalue weighted by Crippen LogP contribution is 2.34. The van der Waals surface area contributed by atoms with E-state index in [1.165, 1.54) is 0 Å². The first kappa shape index (κ1) is 21.4. The number of halogens is 2. The molecular weight excluding hydrogens is 409 g/mol. The minimum Gasteiger partial charge on any atom is -0.481 e. The second-order valence-corrected chi connectivity index (χ2v) is 8.46. The molecule has 0 spiro atoms. The first-order valence-corrected chi connectivity index (χ1v) is 10.2. The topological polar surface area (TPSA) is 59.4 Å². The number of nitrogens with zero attached hydrogens (tertiary/aromatic N) is 1. The van der Waals surface area contributed by atoms with Gasteiger partial charge >= 0.3 is 5.97 Å². The fourth-order valence-corrected chi connectivity index (χ4v) is 3.38. The zero-order valence-corrected chi connectivity index (χ0v) is 17.9. The summed E-state index contributed by atoms with van der Waals surface area (Å²) in [5.74, 6) is -0.247. The maximum absolute atomic E-state index is 11.2. The molecule has 0 saturated heterocycles. The van der Waals surface area contributed by atoms with Gasteiger partial charge in [0, 0.05) is 11.5 Å². The molecule has 1 aromatic heterocycles. The Morgan fingerprint density at radius 1 is 1.07 bits per heavy atom. The number of unbranched alkanes of at least 4 members (excludes halogenated alkanes) is 1. The number of carboxylic acids is 1. The second kappa shape index (κ2) is 9.02. The fraction of sp³-hybridized carbons (Fsp3) is 0.304. The van der Waals surface area contributed by atoms with Crippen LogP contribution in [0.1, 0.15) is 33.1 Å². The number of ether oxygens (including phenoxy) is 1. The summed E-state index contributed by atoms with van der Waals surface area (Å²) in [5.41, 5.74) is 2.02. The molecule has 4 nitrogen and oxygen atoms in total. The van der Waals surface area contributed by atoms with Crippen molar-refractivity contribution in [2.75, 3.05) is 6.61 Å². The van der Waals surface area contributed by atoms with E-state index >= 15 is 0 Å². The van der Waals surface area contributed by atoms with Gasteiger partial charge < -0.3 is 9.84 Å². The molecule has 2 aromatic carbocycles. The highest BCUT2D eigenvalue weighted by Gasteiger charge is 2.26. The van der Waals surface area contributed by atoms with Crippen LogP contribution in [-0.2, 0) is 4.79 Å². The van der Waals surface area contributed by atoms with Gasteiger partial charge in [0.25, 0.3) is 0 Å². The Morgan fingerprint density at radius 2 is 1.83 bits per heavy atom. The Hall–Kier alpha value is -2.30. The van der Waals surface area contributed by atoms with Crippen LogP contribution >= 0.6 is 23.2 Å². The van der Waals surface area contributed by atoms with E-state index in [1.54, 1.807) is 19.9 Å². The molecule has 152 valence electrons. The summed E-state index contributed by atoms with van der Waals surface area (Å²) in [6.45, 7) is 3.96. The van der Waals surface area contributed by atoms with E-state index in [2.05, 4.69) is 4.98 Å². The van der Waals surface area contributed by atoms with Gasteiger partial charge in [0.2, 0.25) is 5.88 Å². The predicted octanol–water partition coefficient (Wildman–Crippen LogP) is 6.87. The molecule has 0 aliphatic rings. The monoisotopic (exact) mass is 431 g/mol. The highest BCUT2D eigenvalue weighted by molar-refractivity contribution is 6.42. The molecule has 0 radical (unpaired) electrons. The Morgan fingerprint density at radius 3 is 2.55 bits per heavy atom. The van der Waals surface area contributed by atoms with Crippen molar-refractivity contribution in [3.05, 3.63) is 58.6 Å². The third-order valence-corrected chi connectivity index (χ3v) is 5.69. The van der Waals surface area contributed by atoms with Gasteiger partial charge in [-0.2, -0.15) is 0 Å². The molecule has 0 aliphatic carbocycles. The van der Waals surface area contributed by atoms with Crippen LogP contribution in [0.4, 0.5) is 0 Å². The van der Waals surface area contributed by atoms with Crippen molar-refractivity contribution >= 4 is 40.1 Å². The van der Waals surface area contributed by atoms with Gasteiger partial charge in [0.05, 0.1) is 27.6 Å². The predicted molar refractivity (Wildman–Crippen MR) is 118 cm³/mol. The number of aromatic nitrogens is 1. The van der Waals surface area contributed by atoms with Gasteiger partial charge in [-0.1, -0.05) is 47.5 Å². The van der Waals surface area contributed by atoms with Crippen LogP contribution < -0.4 is 4.74 Å². The third-order valence-electron chi connectivity index (χ3n) is 4.95. The molecule has 0 unspecified atom stereocenters. The molecule has 6 heteroatoms. The standard InChI is InChI=1S/C23H23Cl2NO3/c1-23(2,22(27)28)11-5-6-12-29-21-14-17(15-9-10-18(24)19(25)13-15)16-7-3-4-8-20(16)26-21/h3-4,7-10,13-14H,5-6,11-12H2,1-2H3,(H,27,28). The molecule has 0 fully saturated rings. The van der Waals surface area contributed by atoms with E-state index in [4.69, 9.17) is 27.9 Å². The Bertz CT molecular complexity index is 1030. The second-order valence-electron chi connectivity index (χ2n) is 7.65. The summed E-state index contributed by atoms with van der Waals surface area (Å²) < 4.78 is 5.89. The van der Waals surface area contributed by atoms with Crippen molar-refractivity contribution in [2.24, 2.45) is 5.41 Å². The summed E-state index contributed by atoms with van der Waals surface area (Å²) in [7, 11) is 0. The first-order valence-electron chi connectivity index (χ1n) is 9.49. The molecule has 0 amide bonds. The molecule has 3 rings (SSSR count). The van der Waals surface area contributed by atoms with Crippen molar-refractivity contribution in [3.63, 3.8) is 0 Å². The van der Waals surface area contributed by atoms with Crippen LogP contribution in [0.5, 0.6) is 5.88 Å². The van der Waals surface area contributed by atoms with E-state index in [0.717, 1.165) is 34.9 Å². The minimum absolute atomic E-state index is 0.474. The summed E-state index contributed by atoms with van der Waals surface area (Å²) in [6.07, 6.45) is 2.13. The van der Waals surface area contributed by atoms with E-state index < -0.39 is 11.4 Å². The van der Waals surface area contributed by atoms with Gasteiger partial charge in [0.15, 0.2) is 0 Å². The number of rotatable bonds is 8. The van der Waals surface area contributed by atoms with Crippen molar-refractivity contribution in [1.82, 2.24) is 4.98 Å². The van der Waals surface area contributed by atoms with Gasteiger partial charge in [-0.15, -0.1) is 0 Å². The molecular formula is C23H23Cl2NO3. The summed E-state index contributed by atoms with van der Waals surface area (Å²) in [4.78, 5) is 15.8. The lowest BCUT2D eigenvalue weighted by molar-refractivity contribution is -0.147. The molecule has 0 bridgehead atoms. The highest BCUT2D eigenvalue weighted by atomic mass is 35.5. The lowest BCUT2D eigenvalue weighted by Crippen LogP contribution is -2.23. The SMILES string of the molecule is CC(C)(CCCCOc1cc(-c2ccc(Cl)c(Cl)c2)c2ccccc2n1)C(=O)O. The van der Waals surface area contributed by atoms with Crippen molar-refractivity contribution in [1.29, 1.82) is 0 Å². The number of benzene rings is 2. The zero-order valence-electron chi connectivity index (χ0n) is 16.4. The van der Waals surface area contributed by atoms with Crippen molar-refractivity contribution in [2.45, 2.75) is 33.1 Å². The third kappa shape index (κ3) is 5.20. The molecule has 0 aliphatic heterocycles. The number of pyridine rings is 1. The normalized spacial score (nSPS) is 11.6. The van der Waals surface area contributed by atoms with Crippen LogP contribution in [0.3, 0.4) is 0 Å². The average Bonchev–Trinajstić information content (AvgIpc) is 2.69. The van der Waals surface area contributed by atoms with Gasteiger partial charge in [-0.05, 0) is 62.4 Å². The van der Waals surface area contributed by atoms with Gasteiger partial charge in [-0.3, -0.25) is 4.79 Å². The zero-order chi connectivity index (χ0) is 21.0. The number of hydrogen-bond acceptors (Lipinski definition) is 3. The Labute approximate surface area is 180 Å². The molecule has 1 N–H and O–H groups in total. The summed E-state index contributed by atoms with van der Waals surface area (Å²) in [6, 6.07) is 15.3. The van der Waals surface area contributed by atoms with Crippen molar-refractivity contribution in [3.8, 4) is 17.0 Å². The summed E-state index contributed by atoms with van der Waals surface area (Å²) in [5, 5.41) is 11.2. The average molecular weight is 432 g/mol. The maximum Gasteiger partial charge on any atom is 0.309 e. The smallest absolute Gasteiger partial charge is 0.309 e.